The third-order valence-electron chi connectivity index (χ3n) is 7.51. The van der Waals surface area contributed by atoms with Gasteiger partial charge in [-0.3, -0.25) is 4.98 Å². The van der Waals surface area contributed by atoms with E-state index in [2.05, 4.69) is 51.3 Å². The minimum atomic E-state index is -1.06. The summed E-state index contributed by atoms with van der Waals surface area (Å²) < 4.78 is 9.89. The molecule has 190 valence electrons. The number of nitrogens with zero attached hydrogens (tertiary/aromatic N) is 6. The number of rotatable bonds is 5. The lowest BCUT2D eigenvalue weighted by Crippen LogP contribution is -2.27. The zero-order valence-corrected chi connectivity index (χ0v) is 21.7. The van der Waals surface area contributed by atoms with Crippen LogP contribution in [0.4, 0.5) is 0 Å². The summed E-state index contributed by atoms with van der Waals surface area (Å²) >= 11 is 0. The molecule has 0 radical (unpaired) electrons. The first-order valence-electron chi connectivity index (χ1n) is 12.9. The molecule has 6 rings (SSSR count). The number of benzene rings is 1. The summed E-state index contributed by atoms with van der Waals surface area (Å²) in [6, 6.07) is 16.8. The van der Waals surface area contributed by atoms with Gasteiger partial charge in [0.15, 0.2) is 0 Å². The van der Waals surface area contributed by atoms with Crippen LogP contribution in [-0.2, 0) is 17.4 Å². The topological polar surface area (TPSA) is 90.9 Å². The predicted octanol–water partition coefficient (Wildman–Crippen LogP) is 4.93. The van der Waals surface area contributed by atoms with Crippen molar-refractivity contribution in [3.05, 3.63) is 71.7 Å². The molecule has 5 aromatic rings. The van der Waals surface area contributed by atoms with Crippen LogP contribution in [0, 0.1) is 12.8 Å². The molecule has 1 fully saturated rings. The van der Waals surface area contributed by atoms with Crippen molar-refractivity contribution in [2.45, 2.75) is 45.3 Å². The van der Waals surface area contributed by atoms with Gasteiger partial charge in [0.2, 0.25) is 0 Å². The van der Waals surface area contributed by atoms with Gasteiger partial charge in [-0.15, -0.1) is 5.10 Å². The number of aromatic nitrogens is 6. The Morgan fingerprint density at radius 2 is 1.84 bits per heavy atom. The third kappa shape index (κ3) is 4.10. The van der Waals surface area contributed by atoms with E-state index >= 15 is 0 Å². The molecule has 1 aliphatic rings. The van der Waals surface area contributed by atoms with Crippen LogP contribution in [-0.4, -0.2) is 47.8 Å². The van der Waals surface area contributed by atoms with Crippen LogP contribution in [0.5, 0.6) is 0 Å². The molecule has 0 saturated carbocycles. The Hall–Kier alpha value is -3.62. The molecular formula is C29H32N6O2. The van der Waals surface area contributed by atoms with E-state index in [1.54, 1.807) is 18.5 Å². The summed E-state index contributed by atoms with van der Waals surface area (Å²) in [5, 5.41) is 20.3. The average molecular weight is 497 g/mol. The van der Waals surface area contributed by atoms with E-state index in [0.717, 1.165) is 65.1 Å². The molecule has 0 spiro atoms. The fourth-order valence-corrected chi connectivity index (χ4v) is 5.70. The second kappa shape index (κ2) is 9.04. The molecule has 1 atom stereocenters. The van der Waals surface area contributed by atoms with E-state index in [-0.39, 0.29) is 6.04 Å². The lowest BCUT2D eigenvalue weighted by Gasteiger charge is -2.33. The van der Waals surface area contributed by atoms with Crippen molar-refractivity contribution in [2.75, 3.05) is 13.2 Å². The summed E-state index contributed by atoms with van der Waals surface area (Å²) in [6.07, 6.45) is 3.82. The maximum Gasteiger partial charge on any atom is 0.143 e. The van der Waals surface area contributed by atoms with Crippen LogP contribution < -0.4 is 0 Å². The second-order valence-electron chi connectivity index (χ2n) is 10.5. The maximum atomic E-state index is 10.8. The van der Waals surface area contributed by atoms with Crippen molar-refractivity contribution in [3.63, 3.8) is 0 Å². The van der Waals surface area contributed by atoms with Crippen molar-refractivity contribution in [3.8, 4) is 11.3 Å². The number of hydrogen-bond acceptors (Lipinski definition) is 6. The van der Waals surface area contributed by atoms with Crippen LogP contribution in [0.3, 0.4) is 0 Å². The van der Waals surface area contributed by atoms with Crippen molar-refractivity contribution in [1.82, 2.24) is 29.5 Å². The monoisotopic (exact) mass is 496 g/mol. The van der Waals surface area contributed by atoms with Gasteiger partial charge in [-0.25, -0.2) is 9.67 Å². The number of ether oxygens (including phenoxy) is 1. The molecule has 37 heavy (non-hydrogen) atoms. The molecule has 1 saturated heterocycles. The Balaban J connectivity index is 1.69. The summed E-state index contributed by atoms with van der Waals surface area (Å²) in [5.74, 6) is 0.367. The molecule has 5 heterocycles. The SMILES string of the molecule is Cc1nnn(C)c1-c1cnc2c3ccc(C(C)(C)O)nc3n(C(c3ccccc3)C3CCOCC3)c2c1. The molecule has 8 heteroatoms. The summed E-state index contributed by atoms with van der Waals surface area (Å²) in [4.78, 5) is 10.0. The number of aliphatic hydroxyl groups is 1. The van der Waals surface area contributed by atoms with Gasteiger partial charge in [0.05, 0.1) is 34.2 Å². The molecule has 8 nitrogen and oxygen atoms in total. The highest BCUT2D eigenvalue weighted by Gasteiger charge is 2.31. The van der Waals surface area contributed by atoms with Gasteiger partial charge in [0.1, 0.15) is 11.2 Å². The summed E-state index contributed by atoms with van der Waals surface area (Å²) in [6.45, 7) is 7.01. The standard InChI is InChI=1S/C29H32N6O2/c1-18-26(34(4)33-32-18)21-16-23-25(30-17-21)22-10-11-24(29(2,3)36)31-28(22)35(23)27(19-8-6-5-7-9-19)20-12-14-37-15-13-20/h5-11,16-17,20,27,36H,12-15H2,1-4H3. The highest BCUT2D eigenvalue weighted by molar-refractivity contribution is 6.05. The maximum absolute atomic E-state index is 10.8. The molecule has 0 bridgehead atoms. The van der Waals surface area contributed by atoms with Gasteiger partial charge in [0.25, 0.3) is 0 Å². The van der Waals surface area contributed by atoms with E-state index in [0.29, 0.717) is 11.6 Å². The molecule has 0 amide bonds. The van der Waals surface area contributed by atoms with Gasteiger partial charge in [-0.2, -0.15) is 0 Å². The van der Waals surface area contributed by atoms with Gasteiger partial charge >= 0.3 is 0 Å². The Kier molecular flexibility index (Phi) is 5.81. The number of aryl methyl sites for hydroxylation is 2. The third-order valence-corrected chi connectivity index (χ3v) is 7.51. The summed E-state index contributed by atoms with van der Waals surface area (Å²) in [7, 11) is 1.90. The van der Waals surface area contributed by atoms with E-state index in [1.165, 1.54) is 5.56 Å². The molecule has 1 aliphatic heterocycles. The lowest BCUT2D eigenvalue weighted by molar-refractivity contribution is 0.0551. The van der Waals surface area contributed by atoms with Gasteiger partial charge < -0.3 is 14.4 Å². The molecule has 4 aromatic heterocycles. The minimum Gasteiger partial charge on any atom is -0.384 e. The Morgan fingerprint density at radius 3 is 2.51 bits per heavy atom. The van der Waals surface area contributed by atoms with Gasteiger partial charge in [-0.05, 0) is 63.3 Å². The first-order chi connectivity index (χ1) is 17.8. The molecule has 0 aliphatic carbocycles. The average Bonchev–Trinajstić information content (AvgIpc) is 3.40. The zero-order valence-electron chi connectivity index (χ0n) is 21.7. The molecular weight excluding hydrogens is 464 g/mol. The van der Waals surface area contributed by atoms with Crippen LogP contribution in [0.25, 0.3) is 33.3 Å². The van der Waals surface area contributed by atoms with E-state index in [1.807, 2.05) is 32.3 Å². The van der Waals surface area contributed by atoms with Gasteiger partial charge in [0, 0.05) is 37.4 Å². The highest BCUT2D eigenvalue weighted by atomic mass is 16.5. The Labute approximate surface area is 215 Å². The van der Waals surface area contributed by atoms with Crippen molar-refractivity contribution in [2.24, 2.45) is 13.0 Å². The smallest absolute Gasteiger partial charge is 0.143 e. The molecule has 1 N–H and O–H groups in total. The van der Waals surface area contributed by atoms with E-state index < -0.39 is 5.60 Å². The Bertz CT molecular complexity index is 1560. The van der Waals surface area contributed by atoms with E-state index in [9.17, 15) is 5.11 Å². The predicted molar refractivity (Wildman–Crippen MR) is 143 cm³/mol. The van der Waals surface area contributed by atoms with Crippen LogP contribution >= 0.6 is 0 Å². The highest BCUT2D eigenvalue weighted by Crippen LogP contribution is 2.41. The largest absolute Gasteiger partial charge is 0.384 e. The second-order valence-corrected chi connectivity index (χ2v) is 10.5. The molecule has 1 aromatic carbocycles. The lowest BCUT2D eigenvalue weighted by atomic mass is 9.86. The quantitative estimate of drug-likeness (QED) is 0.371. The number of pyridine rings is 2. The van der Waals surface area contributed by atoms with Crippen molar-refractivity contribution >= 4 is 22.1 Å². The van der Waals surface area contributed by atoms with Crippen molar-refractivity contribution in [1.29, 1.82) is 0 Å². The number of fused-ring (bicyclic) bond motifs is 3. The zero-order chi connectivity index (χ0) is 25.7. The minimum absolute atomic E-state index is 0.0393. The Morgan fingerprint density at radius 1 is 1.08 bits per heavy atom. The normalized spacial score (nSPS) is 16.0. The fraction of sp³-hybridized carbons (Fsp3) is 0.379. The first-order valence-corrected chi connectivity index (χ1v) is 12.9. The van der Waals surface area contributed by atoms with Gasteiger partial charge in [-0.1, -0.05) is 35.5 Å². The summed E-state index contributed by atoms with van der Waals surface area (Å²) in [5.41, 5.74) is 6.30. The molecule has 1 unspecified atom stereocenters. The van der Waals surface area contributed by atoms with Crippen LogP contribution in [0.15, 0.2) is 54.7 Å². The fourth-order valence-electron chi connectivity index (χ4n) is 5.70. The van der Waals surface area contributed by atoms with E-state index in [4.69, 9.17) is 14.7 Å². The van der Waals surface area contributed by atoms with Crippen LogP contribution in [0.2, 0.25) is 0 Å². The van der Waals surface area contributed by atoms with Crippen molar-refractivity contribution < 1.29 is 9.84 Å². The van der Waals surface area contributed by atoms with Crippen LogP contribution in [0.1, 0.15) is 49.7 Å². The number of hydrogen-bond donors (Lipinski definition) is 1. The first kappa shape index (κ1) is 23.8.